The quantitative estimate of drug-likeness (QED) is 0.754. The fourth-order valence-corrected chi connectivity index (χ4v) is 3.23. The van der Waals surface area contributed by atoms with E-state index in [0.29, 0.717) is 24.8 Å². The van der Waals surface area contributed by atoms with Crippen LogP contribution in [0.4, 0.5) is 5.69 Å². The summed E-state index contributed by atoms with van der Waals surface area (Å²) in [6.45, 7) is 9.06. The summed E-state index contributed by atoms with van der Waals surface area (Å²) in [5.74, 6) is 0. The van der Waals surface area contributed by atoms with Crippen LogP contribution in [0, 0.1) is 13.8 Å². The highest BCUT2D eigenvalue weighted by atomic mass is 32.2. The van der Waals surface area contributed by atoms with Crippen LogP contribution in [0.25, 0.3) is 0 Å². The number of rotatable bonds is 7. The molecule has 0 aromatic heterocycles. The SMILES string of the molecule is CCC(C)N(C)CCNS(=O)(=O)c1cc(C)c(C)cc1N. The van der Waals surface area contributed by atoms with E-state index in [1.165, 1.54) is 0 Å². The Morgan fingerprint density at radius 3 is 2.43 bits per heavy atom. The van der Waals surface area contributed by atoms with Gasteiger partial charge in [0.25, 0.3) is 0 Å². The zero-order valence-corrected chi connectivity index (χ0v) is 14.4. The maximum atomic E-state index is 12.3. The molecule has 21 heavy (non-hydrogen) atoms. The number of benzene rings is 1. The van der Waals surface area contributed by atoms with Crippen molar-refractivity contribution in [1.29, 1.82) is 0 Å². The van der Waals surface area contributed by atoms with Crippen LogP contribution < -0.4 is 10.5 Å². The average molecular weight is 313 g/mol. The number of sulfonamides is 1. The zero-order chi connectivity index (χ0) is 16.2. The Hall–Kier alpha value is -1.11. The molecule has 0 aliphatic rings. The molecule has 0 radical (unpaired) electrons. The van der Waals surface area contributed by atoms with Crippen molar-refractivity contribution in [2.24, 2.45) is 0 Å². The standard InChI is InChI=1S/C15H27N3O2S/c1-6-13(4)18(5)8-7-17-21(19,20)15-10-12(3)11(2)9-14(15)16/h9-10,13,17H,6-8,16H2,1-5H3. The van der Waals surface area contributed by atoms with Crippen LogP contribution in [0.2, 0.25) is 0 Å². The molecule has 1 aromatic carbocycles. The number of aryl methyl sites for hydroxylation is 2. The summed E-state index contributed by atoms with van der Waals surface area (Å²) in [4.78, 5) is 2.29. The second-order valence-corrected chi connectivity index (χ2v) is 7.35. The van der Waals surface area contributed by atoms with Gasteiger partial charge < -0.3 is 10.6 Å². The lowest BCUT2D eigenvalue weighted by atomic mass is 10.1. The maximum absolute atomic E-state index is 12.3. The summed E-state index contributed by atoms with van der Waals surface area (Å²) in [6.07, 6.45) is 1.04. The van der Waals surface area contributed by atoms with Gasteiger partial charge in [-0.3, -0.25) is 0 Å². The van der Waals surface area contributed by atoms with Gasteiger partial charge in [0.1, 0.15) is 4.90 Å². The average Bonchev–Trinajstić information content (AvgIpc) is 2.41. The van der Waals surface area contributed by atoms with Crippen LogP contribution in [0.5, 0.6) is 0 Å². The summed E-state index contributed by atoms with van der Waals surface area (Å²) in [6, 6.07) is 3.77. The van der Waals surface area contributed by atoms with Crippen molar-refractivity contribution in [3.63, 3.8) is 0 Å². The highest BCUT2D eigenvalue weighted by molar-refractivity contribution is 7.89. The topological polar surface area (TPSA) is 75.4 Å². The van der Waals surface area contributed by atoms with Gasteiger partial charge >= 0.3 is 0 Å². The van der Waals surface area contributed by atoms with E-state index in [1.807, 2.05) is 20.9 Å². The summed E-state index contributed by atoms with van der Waals surface area (Å²) in [5, 5.41) is 0. The number of nitrogen functional groups attached to an aromatic ring is 1. The molecule has 0 bridgehead atoms. The molecule has 0 amide bonds. The Labute approximate surface area is 128 Å². The molecule has 120 valence electrons. The van der Waals surface area contributed by atoms with Crippen molar-refractivity contribution >= 4 is 15.7 Å². The highest BCUT2D eigenvalue weighted by Crippen LogP contribution is 2.22. The summed E-state index contributed by atoms with van der Waals surface area (Å²) < 4.78 is 27.3. The van der Waals surface area contributed by atoms with Gasteiger partial charge in [-0.05, 0) is 57.5 Å². The molecule has 3 N–H and O–H groups in total. The van der Waals surface area contributed by atoms with Gasteiger partial charge in [0.05, 0.1) is 5.69 Å². The van der Waals surface area contributed by atoms with Gasteiger partial charge in [-0.15, -0.1) is 0 Å². The Bertz CT molecular complexity index is 585. The molecule has 1 aromatic rings. The number of nitrogens with one attached hydrogen (secondary N) is 1. The monoisotopic (exact) mass is 313 g/mol. The first-order chi connectivity index (χ1) is 9.69. The lowest BCUT2D eigenvalue weighted by Gasteiger charge is -2.23. The van der Waals surface area contributed by atoms with Crippen LogP contribution >= 0.6 is 0 Å². The van der Waals surface area contributed by atoms with Crippen LogP contribution in [-0.4, -0.2) is 39.5 Å². The fraction of sp³-hybridized carbons (Fsp3) is 0.600. The molecule has 6 heteroatoms. The molecule has 0 saturated heterocycles. The number of nitrogens with two attached hydrogens (primary N) is 1. The van der Waals surface area contributed by atoms with Gasteiger partial charge in [-0.2, -0.15) is 0 Å². The van der Waals surface area contributed by atoms with E-state index in [-0.39, 0.29) is 4.90 Å². The van der Waals surface area contributed by atoms with E-state index in [4.69, 9.17) is 5.73 Å². The Balaban J connectivity index is 2.77. The Kier molecular flexibility index (Phi) is 6.19. The number of hydrogen-bond donors (Lipinski definition) is 2. The third kappa shape index (κ3) is 4.69. The number of likely N-dealkylation sites (N-methyl/N-ethyl adjacent to an activating group) is 1. The number of anilines is 1. The Morgan fingerprint density at radius 2 is 1.86 bits per heavy atom. The van der Waals surface area contributed by atoms with Crippen molar-refractivity contribution in [2.45, 2.75) is 45.1 Å². The van der Waals surface area contributed by atoms with Crippen molar-refractivity contribution in [2.75, 3.05) is 25.9 Å². The van der Waals surface area contributed by atoms with Crippen molar-refractivity contribution in [3.8, 4) is 0 Å². The van der Waals surface area contributed by atoms with Gasteiger partial charge in [0, 0.05) is 19.1 Å². The molecule has 0 aliphatic carbocycles. The molecular weight excluding hydrogens is 286 g/mol. The van der Waals surface area contributed by atoms with Gasteiger partial charge in [0.15, 0.2) is 0 Å². The largest absolute Gasteiger partial charge is 0.398 e. The normalized spacial score (nSPS) is 13.6. The third-order valence-corrected chi connectivity index (χ3v) is 5.53. The van der Waals surface area contributed by atoms with E-state index < -0.39 is 10.0 Å². The first kappa shape index (κ1) is 17.9. The van der Waals surface area contributed by atoms with Gasteiger partial charge in [0.2, 0.25) is 10.0 Å². The minimum Gasteiger partial charge on any atom is -0.398 e. The van der Waals surface area contributed by atoms with Crippen molar-refractivity contribution in [1.82, 2.24) is 9.62 Å². The van der Waals surface area contributed by atoms with E-state index in [9.17, 15) is 8.42 Å². The highest BCUT2D eigenvalue weighted by Gasteiger charge is 2.18. The van der Waals surface area contributed by atoms with Gasteiger partial charge in [-0.1, -0.05) is 6.92 Å². The molecule has 0 aliphatic heterocycles. The molecule has 0 saturated carbocycles. The van der Waals surface area contributed by atoms with Crippen LogP contribution in [0.1, 0.15) is 31.4 Å². The Morgan fingerprint density at radius 1 is 1.29 bits per heavy atom. The number of nitrogens with zero attached hydrogens (tertiary/aromatic N) is 1. The smallest absolute Gasteiger partial charge is 0.242 e. The molecule has 1 atom stereocenters. The van der Waals surface area contributed by atoms with Crippen LogP contribution in [0.3, 0.4) is 0 Å². The molecule has 0 fully saturated rings. The second kappa shape index (κ2) is 7.24. The van der Waals surface area contributed by atoms with Gasteiger partial charge in [-0.25, -0.2) is 13.1 Å². The molecule has 1 unspecified atom stereocenters. The van der Waals surface area contributed by atoms with Crippen LogP contribution in [0.15, 0.2) is 17.0 Å². The predicted molar refractivity (Wildman–Crippen MR) is 87.9 cm³/mol. The lowest BCUT2D eigenvalue weighted by Crippen LogP contribution is -2.37. The van der Waals surface area contributed by atoms with E-state index >= 15 is 0 Å². The fourth-order valence-electron chi connectivity index (χ4n) is 2.01. The van der Waals surface area contributed by atoms with Crippen LogP contribution in [-0.2, 0) is 10.0 Å². The number of hydrogen-bond acceptors (Lipinski definition) is 4. The molecule has 1 rings (SSSR count). The van der Waals surface area contributed by atoms with Crippen molar-refractivity contribution in [3.05, 3.63) is 23.3 Å². The molecule has 0 heterocycles. The molecular formula is C15H27N3O2S. The van der Waals surface area contributed by atoms with E-state index in [1.54, 1.807) is 12.1 Å². The van der Waals surface area contributed by atoms with Crippen molar-refractivity contribution < 1.29 is 8.42 Å². The van der Waals surface area contributed by atoms with E-state index in [0.717, 1.165) is 17.5 Å². The maximum Gasteiger partial charge on any atom is 0.242 e. The summed E-state index contributed by atoms with van der Waals surface area (Å²) in [7, 11) is -1.57. The summed E-state index contributed by atoms with van der Waals surface area (Å²) >= 11 is 0. The summed E-state index contributed by atoms with van der Waals surface area (Å²) in [5.41, 5.74) is 8.05. The molecule has 5 nitrogen and oxygen atoms in total. The third-order valence-electron chi connectivity index (χ3n) is 4.02. The minimum atomic E-state index is -3.56. The second-order valence-electron chi connectivity index (χ2n) is 5.61. The molecule has 0 spiro atoms. The van der Waals surface area contributed by atoms with E-state index in [2.05, 4.69) is 23.5 Å². The first-order valence-electron chi connectivity index (χ1n) is 7.25. The lowest BCUT2D eigenvalue weighted by molar-refractivity contribution is 0.256. The predicted octanol–water partition coefficient (Wildman–Crippen LogP) is 1.89. The minimum absolute atomic E-state index is 0.164. The zero-order valence-electron chi connectivity index (χ0n) is 13.6. The first-order valence-corrected chi connectivity index (χ1v) is 8.74.